The fraction of sp³-hybridized carbons (Fsp3) is 0.129. The molecule has 0 aliphatic heterocycles. The van der Waals surface area contributed by atoms with E-state index in [0.29, 0.717) is 0 Å². The summed E-state index contributed by atoms with van der Waals surface area (Å²) >= 11 is 0. The van der Waals surface area contributed by atoms with Gasteiger partial charge in [0.15, 0.2) is 5.69 Å². The number of nitrogens with zero attached hydrogens (tertiary/aromatic N) is 1. The highest BCUT2D eigenvalue weighted by Crippen LogP contribution is 2.39. The second kappa shape index (κ2) is 9.51. The van der Waals surface area contributed by atoms with Gasteiger partial charge in [0.2, 0.25) is 11.4 Å². The molecule has 0 fully saturated rings. The Balaban J connectivity index is 1.91. The lowest BCUT2D eigenvalue weighted by Gasteiger charge is -2.16. The molecule has 0 atom stereocenters. The molecule has 35 heavy (non-hydrogen) atoms. The Bertz CT molecular complexity index is 1470. The van der Waals surface area contributed by atoms with E-state index in [1.165, 1.54) is 10.8 Å². The Morgan fingerprint density at radius 1 is 0.514 bits per heavy atom. The molecule has 0 amide bonds. The van der Waals surface area contributed by atoms with Gasteiger partial charge in [-0.2, -0.15) is 4.57 Å². The number of fused-ring (bicyclic) bond motifs is 1. The molecule has 0 N–H and O–H groups in total. The van der Waals surface area contributed by atoms with E-state index in [1.807, 2.05) is 36.4 Å². The second-order valence-corrected chi connectivity index (χ2v) is 8.35. The Morgan fingerprint density at radius 2 is 0.971 bits per heavy atom. The van der Waals surface area contributed by atoms with Crippen molar-refractivity contribution >= 4 is 10.8 Å². The van der Waals surface area contributed by atoms with Crippen LogP contribution in [0.4, 0.5) is 0 Å². The predicted molar refractivity (Wildman–Crippen MR) is 141 cm³/mol. The number of methoxy groups -OCH3 is 3. The molecule has 4 nitrogen and oxygen atoms in total. The Morgan fingerprint density at radius 3 is 1.49 bits per heavy atom. The van der Waals surface area contributed by atoms with E-state index in [1.54, 1.807) is 21.3 Å². The molecule has 0 radical (unpaired) electrons. The van der Waals surface area contributed by atoms with Gasteiger partial charge in [0.25, 0.3) is 0 Å². The number of aryl methyl sites for hydroxylation is 1. The van der Waals surface area contributed by atoms with Gasteiger partial charge in [-0.25, -0.2) is 0 Å². The van der Waals surface area contributed by atoms with Crippen molar-refractivity contribution in [2.45, 2.75) is 6.92 Å². The minimum atomic E-state index is 0.827. The Labute approximate surface area is 206 Å². The van der Waals surface area contributed by atoms with E-state index >= 15 is 0 Å². The number of hydrogen-bond donors (Lipinski definition) is 0. The van der Waals surface area contributed by atoms with Crippen molar-refractivity contribution in [2.24, 2.45) is 0 Å². The summed E-state index contributed by atoms with van der Waals surface area (Å²) in [4.78, 5) is 0. The highest BCUT2D eigenvalue weighted by molar-refractivity contribution is 6.02. The first kappa shape index (κ1) is 22.5. The first-order chi connectivity index (χ1) is 17.1. The van der Waals surface area contributed by atoms with Crippen LogP contribution in [0, 0.1) is 6.92 Å². The maximum atomic E-state index is 5.45. The lowest BCUT2D eigenvalue weighted by Crippen LogP contribution is -2.38. The van der Waals surface area contributed by atoms with E-state index < -0.39 is 0 Å². The Kier molecular flexibility index (Phi) is 6.11. The summed E-state index contributed by atoms with van der Waals surface area (Å²) in [5.41, 5.74) is 6.72. The van der Waals surface area contributed by atoms with Crippen LogP contribution < -0.4 is 18.8 Å². The van der Waals surface area contributed by atoms with Crippen molar-refractivity contribution in [3.8, 4) is 45.3 Å². The zero-order chi connectivity index (χ0) is 24.4. The summed E-state index contributed by atoms with van der Waals surface area (Å²) in [6.45, 7) is 2.18. The van der Waals surface area contributed by atoms with E-state index in [0.717, 1.165) is 51.0 Å². The molecule has 0 saturated heterocycles. The lowest BCUT2D eigenvalue weighted by atomic mass is 9.92. The number of benzene rings is 4. The van der Waals surface area contributed by atoms with Crippen molar-refractivity contribution < 1.29 is 18.8 Å². The van der Waals surface area contributed by atoms with Gasteiger partial charge < -0.3 is 14.2 Å². The SMILES string of the molecule is COc1ccc(-c2c(-c3ccc(OC)cc3)[n+](-c3ccc(OC)cc3)c(C)c3ccccc23)cc1. The van der Waals surface area contributed by atoms with E-state index in [-0.39, 0.29) is 0 Å². The van der Waals surface area contributed by atoms with Crippen LogP contribution in [-0.2, 0) is 0 Å². The maximum absolute atomic E-state index is 5.45. The number of hydrogen-bond acceptors (Lipinski definition) is 3. The molecule has 0 aliphatic rings. The molecule has 0 unspecified atom stereocenters. The van der Waals surface area contributed by atoms with Gasteiger partial charge >= 0.3 is 0 Å². The summed E-state index contributed by atoms with van der Waals surface area (Å²) in [6.07, 6.45) is 0. The molecule has 0 spiro atoms. The van der Waals surface area contributed by atoms with Crippen molar-refractivity contribution in [1.29, 1.82) is 0 Å². The normalized spacial score (nSPS) is 10.9. The minimum absolute atomic E-state index is 0.827. The molecule has 174 valence electrons. The minimum Gasteiger partial charge on any atom is -0.497 e. The molecular weight excluding hydrogens is 434 g/mol. The molecule has 5 rings (SSSR count). The molecule has 0 aliphatic carbocycles. The van der Waals surface area contributed by atoms with E-state index in [4.69, 9.17) is 14.2 Å². The third kappa shape index (κ3) is 4.08. The van der Waals surface area contributed by atoms with Gasteiger partial charge in [-0.1, -0.05) is 30.3 Å². The van der Waals surface area contributed by atoms with Crippen LogP contribution in [0.15, 0.2) is 97.1 Å². The van der Waals surface area contributed by atoms with Crippen molar-refractivity contribution in [2.75, 3.05) is 21.3 Å². The van der Waals surface area contributed by atoms with Gasteiger partial charge in [-0.3, -0.25) is 0 Å². The van der Waals surface area contributed by atoms with Crippen molar-refractivity contribution in [3.05, 3.63) is 103 Å². The lowest BCUT2D eigenvalue weighted by molar-refractivity contribution is -0.588. The molecule has 4 aromatic carbocycles. The first-order valence-electron chi connectivity index (χ1n) is 11.5. The average Bonchev–Trinajstić information content (AvgIpc) is 2.93. The standard InChI is InChI=1S/C31H28NO3/c1-21-28-7-5-6-8-29(28)30(22-9-15-25(33-2)16-10-22)31(23-11-17-26(34-3)18-12-23)32(21)24-13-19-27(35-4)20-14-24/h5-20H,1-4H3/q+1. The maximum Gasteiger partial charge on any atom is 0.227 e. The third-order valence-electron chi connectivity index (χ3n) is 6.45. The van der Waals surface area contributed by atoms with Gasteiger partial charge in [0.05, 0.1) is 26.9 Å². The van der Waals surface area contributed by atoms with Gasteiger partial charge in [0, 0.05) is 35.4 Å². The fourth-order valence-corrected chi connectivity index (χ4v) is 4.67. The van der Waals surface area contributed by atoms with Crippen LogP contribution in [0.2, 0.25) is 0 Å². The van der Waals surface area contributed by atoms with Crippen LogP contribution >= 0.6 is 0 Å². The van der Waals surface area contributed by atoms with Crippen LogP contribution in [0.5, 0.6) is 17.2 Å². The highest BCUT2D eigenvalue weighted by atomic mass is 16.5. The van der Waals surface area contributed by atoms with Crippen LogP contribution in [-0.4, -0.2) is 21.3 Å². The smallest absolute Gasteiger partial charge is 0.227 e. The van der Waals surface area contributed by atoms with Crippen LogP contribution in [0.25, 0.3) is 38.8 Å². The van der Waals surface area contributed by atoms with E-state index in [2.05, 4.69) is 72.2 Å². The summed E-state index contributed by atoms with van der Waals surface area (Å²) in [5, 5.41) is 2.40. The van der Waals surface area contributed by atoms with Gasteiger partial charge in [-0.15, -0.1) is 0 Å². The molecule has 5 aromatic rings. The zero-order valence-electron chi connectivity index (χ0n) is 20.4. The Hall–Kier alpha value is -4.31. The van der Waals surface area contributed by atoms with Crippen molar-refractivity contribution in [1.82, 2.24) is 0 Å². The topological polar surface area (TPSA) is 31.6 Å². The largest absolute Gasteiger partial charge is 0.497 e. The van der Waals surface area contributed by atoms with Crippen LogP contribution in [0.1, 0.15) is 5.69 Å². The van der Waals surface area contributed by atoms with Crippen molar-refractivity contribution in [3.63, 3.8) is 0 Å². The number of ether oxygens (including phenoxy) is 3. The summed E-state index contributed by atoms with van der Waals surface area (Å²) in [5.74, 6) is 2.49. The number of rotatable bonds is 6. The monoisotopic (exact) mass is 462 g/mol. The molecule has 4 heteroatoms. The quantitative estimate of drug-likeness (QED) is 0.261. The summed E-state index contributed by atoms with van der Waals surface area (Å²) < 4.78 is 18.6. The molecule has 1 aromatic heterocycles. The number of pyridine rings is 1. The molecule has 0 saturated carbocycles. The average molecular weight is 463 g/mol. The van der Waals surface area contributed by atoms with Crippen LogP contribution in [0.3, 0.4) is 0 Å². The fourth-order valence-electron chi connectivity index (χ4n) is 4.67. The highest BCUT2D eigenvalue weighted by Gasteiger charge is 2.28. The molecular formula is C31H28NO3+. The second-order valence-electron chi connectivity index (χ2n) is 8.35. The third-order valence-corrected chi connectivity index (χ3v) is 6.45. The molecule has 0 bridgehead atoms. The predicted octanol–water partition coefficient (Wildman–Crippen LogP) is 6.78. The van der Waals surface area contributed by atoms with Gasteiger partial charge in [-0.05, 0) is 60.2 Å². The van der Waals surface area contributed by atoms with Gasteiger partial charge in [0.1, 0.15) is 17.2 Å². The summed E-state index contributed by atoms with van der Waals surface area (Å²) in [7, 11) is 5.07. The number of aromatic nitrogens is 1. The summed E-state index contributed by atoms with van der Waals surface area (Å²) in [6, 6.07) is 33.3. The zero-order valence-corrected chi connectivity index (χ0v) is 20.4. The first-order valence-corrected chi connectivity index (χ1v) is 11.5. The van der Waals surface area contributed by atoms with E-state index in [9.17, 15) is 0 Å². The molecule has 1 heterocycles.